The van der Waals surface area contributed by atoms with Gasteiger partial charge in [-0.1, -0.05) is 19.1 Å². The zero-order chi connectivity index (χ0) is 23.6. The summed E-state index contributed by atoms with van der Waals surface area (Å²) < 4.78 is 31.5. The molecule has 2 aromatic carbocycles. The number of hydrogen-bond donors (Lipinski definition) is 2. The van der Waals surface area contributed by atoms with Crippen LogP contribution in [0.1, 0.15) is 42.1 Å². The van der Waals surface area contributed by atoms with Crippen LogP contribution in [0.4, 0.5) is 11.4 Å². The topological polar surface area (TPSA) is 105 Å². The minimum absolute atomic E-state index is 0.0160. The van der Waals surface area contributed by atoms with Crippen LogP contribution in [0.3, 0.4) is 0 Å². The van der Waals surface area contributed by atoms with Crippen molar-refractivity contribution in [1.29, 1.82) is 0 Å². The molecule has 174 valence electrons. The highest BCUT2D eigenvalue weighted by Gasteiger charge is 2.24. The first kappa shape index (κ1) is 22.8. The first-order valence-electron chi connectivity index (χ1n) is 11.1. The average Bonchev–Trinajstić information content (AvgIpc) is 3.25. The summed E-state index contributed by atoms with van der Waals surface area (Å²) in [7, 11) is -2.20. The number of carboxylic acid groups (broad SMARTS) is 1. The van der Waals surface area contributed by atoms with E-state index < -0.39 is 16.0 Å². The maximum Gasteiger partial charge on any atom is 0.335 e. The quantitative estimate of drug-likeness (QED) is 0.540. The molecular weight excluding hydrogens is 440 g/mol. The summed E-state index contributed by atoms with van der Waals surface area (Å²) >= 11 is 0. The molecule has 0 amide bonds. The number of hydrogen-bond acceptors (Lipinski definition) is 5. The van der Waals surface area contributed by atoms with Gasteiger partial charge in [0.05, 0.1) is 27.5 Å². The Hall–Kier alpha value is -3.33. The Morgan fingerprint density at radius 3 is 2.48 bits per heavy atom. The van der Waals surface area contributed by atoms with E-state index in [1.54, 1.807) is 16.8 Å². The molecule has 2 heterocycles. The number of aryl methyl sites for hydroxylation is 2. The van der Waals surface area contributed by atoms with Crippen LogP contribution in [0.25, 0.3) is 11.3 Å². The lowest BCUT2D eigenvalue weighted by Crippen LogP contribution is -2.30. The molecule has 0 spiro atoms. The van der Waals surface area contributed by atoms with E-state index in [9.17, 15) is 18.3 Å². The predicted octanol–water partition coefficient (Wildman–Crippen LogP) is 4.14. The Morgan fingerprint density at radius 2 is 1.85 bits per heavy atom. The average molecular weight is 469 g/mol. The van der Waals surface area contributed by atoms with Gasteiger partial charge in [0.25, 0.3) is 10.0 Å². The third-order valence-electron chi connectivity index (χ3n) is 5.93. The normalized spacial score (nSPS) is 14.3. The Labute approximate surface area is 193 Å². The molecule has 1 fully saturated rings. The van der Waals surface area contributed by atoms with Crippen molar-refractivity contribution in [2.24, 2.45) is 7.05 Å². The first-order valence-corrected chi connectivity index (χ1v) is 12.5. The number of benzene rings is 2. The number of carboxylic acids is 1. The fraction of sp³-hybridized carbons (Fsp3) is 0.333. The smallest absolute Gasteiger partial charge is 0.335 e. The molecule has 1 saturated heterocycles. The summed E-state index contributed by atoms with van der Waals surface area (Å²) in [6.07, 6.45) is 5.56. The molecule has 0 aliphatic carbocycles. The number of aromatic nitrogens is 2. The van der Waals surface area contributed by atoms with Crippen molar-refractivity contribution in [2.45, 2.75) is 37.5 Å². The van der Waals surface area contributed by atoms with Crippen LogP contribution in [0.2, 0.25) is 0 Å². The largest absolute Gasteiger partial charge is 0.478 e. The van der Waals surface area contributed by atoms with Gasteiger partial charge in [-0.05, 0) is 61.6 Å². The van der Waals surface area contributed by atoms with Crippen molar-refractivity contribution < 1.29 is 18.3 Å². The molecule has 8 nitrogen and oxygen atoms in total. The summed E-state index contributed by atoms with van der Waals surface area (Å²) in [5.41, 5.74) is 3.31. The summed E-state index contributed by atoms with van der Waals surface area (Å²) in [5, 5.41) is 13.8. The molecule has 3 aromatic rings. The fourth-order valence-corrected chi connectivity index (χ4v) is 5.59. The Morgan fingerprint density at radius 1 is 1.09 bits per heavy atom. The van der Waals surface area contributed by atoms with Crippen molar-refractivity contribution in [3.05, 3.63) is 59.8 Å². The predicted molar refractivity (Wildman–Crippen MR) is 128 cm³/mol. The van der Waals surface area contributed by atoms with Gasteiger partial charge < -0.3 is 10.0 Å². The maximum atomic E-state index is 13.5. The van der Waals surface area contributed by atoms with Crippen LogP contribution in [0, 0.1) is 0 Å². The molecule has 0 unspecified atom stereocenters. The van der Waals surface area contributed by atoms with Gasteiger partial charge in [-0.25, -0.2) is 13.2 Å². The number of piperidine rings is 1. The number of sulfonamides is 1. The van der Waals surface area contributed by atoms with E-state index in [4.69, 9.17) is 0 Å². The van der Waals surface area contributed by atoms with Gasteiger partial charge in [0.1, 0.15) is 0 Å². The minimum atomic E-state index is -4.03. The van der Waals surface area contributed by atoms with Gasteiger partial charge in [-0.15, -0.1) is 0 Å². The zero-order valence-corrected chi connectivity index (χ0v) is 19.6. The Bertz CT molecular complexity index is 1280. The molecule has 0 radical (unpaired) electrons. The SMILES string of the molecule is CCc1ccc(C(=O)O)cc1S(=O)(=O)Nc1cc(-c2ccn(C)n2)ccc1N1CCCCC1. The van der Waals surface area contributed by atoms with Gasteiger partial charge in [-0.2, -0.15) is 5.10 Å². The van der Waals surface area contributed by atoms with Crippen LogP contribution in [-0.4, -0.2) is 42.4 Å². The molecule has 9 heteroatoms. The summed E-state index contributed by atoms with van der Waals surface area (Å²) in [5.74, 6) is -1.17. The molecule has 2 N–H and O–H groups in total. The lowest BCUT2D eigenvalue weighted by molar-refractivity contribution is 0.0696. The Balaban J connectivity index is 1.79. The van der Waals surface area contributed by atoms with Crippen LogP contribution in [0.15, 0.2) is 53.6 Å². The number of nitrogens with one attached hydrogen (secondary N) is 1. The second kappa shape index (κ2) is 9.27. The fourth-order valence-electron chi connectivity index (χ4n) is 4.19. The number of nitrogens with zero attached hydrogens (tertiary/aromatic N) is 3. The molecule has 0 atom stereocenters. The van der Waals surface area contributed by atoms with Crippen molar-refractivity contribution in [1.82, 2.24) is 9.78 Å². The highest BCUT2D eigenvalue weighted by molar-refractivity contribution is 7.92. The second-order valence-corrected chi connectivity index (χ2v) is 9.89. The summed E-state index contributed by atoms with van der Waals surface area (Å²) in [6.45, 7) is 3.55. The number of anilines is 2. The molecule has 0 bridgehead atoms. The minimum Gasteiger partial charge on any atom is -0.478 e. The highest BCUT2D eigenvalue weighted by Crippen LogP contribution is 2.34. The monoisotopic (exact) mass is 468 g/mol. The van der Waals surface area contributed by atoms with E-state index in [0.29, 0.717) is 17.7 Å². The second-order valence-electron chi connectivity index (χ2n) is 8.24. The standard InChI is InChI=1S/C24H28N4O4S/c1-3-17-7-8-19(24(29)30)16-23(17)33(31,32)26-21-15-18(20-11-14-27(2)25-20)9-10-22(21)28-12-5-4-6-13-28/h7-11,14-16,26H,3-6,12-13H2,1-2H3,(H,29,30). The third-order valence-corrected chi connectivity index (χ3v) is 7.38. The van der Waals surface area contributed by atoms with Crippen LogP contribution < -0.4 is 9.62 Å². The van der Waals surface area contributed by atoms with Crippen LogP contribution >= 0.6 is 0 Å². The van der Waals surface area contributed by atoms with Gasteiger partial charge in [-0.3, -0.25) is 9.40 Å². The van der Waals surface area contributed by atoms with E-state index in [1.165, 1.54) is 12.1 Å². The molecule has 33 heavy (non-hydrogen) atoms. The third kappa shape index (κ3) is 4.88. The van der Waals surface area contributed by atoms with E-state index >= 15 is 0 Å². The number of aromatic carboxylic acids is 1. The van der Waals surface area contributed by atoms with Gasteiger partial charge in [0, 0.05) is 31.9 Å². The molecule has 1 aliphatic heterocycles. The van der Waals surface area contributed by atoms with Crippen LogP contribution in [0.5, 0.6) is 0 Å². The number of rotatable bonds is 7. The van der Waals surface area contributed by atoms with Crippen molar-refractivity contribution >= 4 is 27.4 Å². The maximum absolute atomic E-state index is 13.5. The number of carbonyl (C=O) groups is 1. The molecule has 4 rings (SSSR count). The van der Waals surface area contributed by atoms with Gasteiger partial charge >= 0.3 is 5.97 Å². The van der Waals surface area contributed by atoms with Crippen molar-refractivity contribution in [3.8, 4) is 11.3 Å². The van der Waals surface area contributed by atoms with Crippen molar-refractivity contribution in [3.63, 3.8) is 0 Å². The van der Waals surface area contributed by atoms with Crippen LogP contribution in [-0.2, 0) is 23.5 Å². The molecular formula is C24H28N4O4S. The summed E-state index contributed by atoms with van der Waals surface area (Å²) in [4.78, 5) is 13.6. The molecule has 1 aromatic heterocycles. The Kier molecular flexibility index (Phi) is 6.42. The zero-order valence-electron chi connectivity index (χ0n) is 18.8. The van der Waals surface area contributed by atoms with Gasteiger partial charge in [0.15, 0.2) is 0 Å². The van der Waals surface area contributed by atoms with Crippen molar-refractivity contribution in [2.75, 3.05) is 22.7 Å². The molecule has 1 aliphatic rings. The molecule has 0 saturated carbocycles. The van der Waals surface area contributed by atoms with E-state index in [-0.39, 0.29) is 10.5 Å². The van der Waals surface area contributed by atoms with E-state index in [0.717, 1.165) is 49.3 Å². The summed E-state index contributed by atoms with van der Waals surface area (Å²) in [6, 6.07) is 11.8. The van der Waals surface area contributed by atoms with E-state index in [1.807, 2.05) is 38.4 Å². The van der Waals surface area contributed by atoms with E-state index in [2.05, 4.69) is 14.7 Å². The highest BCUT2D eigenvalue weighted by atomic mass is 32.2. The first-order chi connectivity index (χ1) is 15.8. The lowest BCUT2D eigenvalue weighted by Gasteiger charge is -2.31. The lowest BCUT2D eigenvalue weighted by atomic mass is 10.1. The van der Waals surface area contributed by atoms with Gasteiger partial charge in [0.2, 0.25) is 0 Å².